The Morgan fingerprint density at radius 2 is 2.05 bits per heavy atom. The molecule has 1 heterocycles. The smallest absolute Gasteiger partial charge is 0.323 e. The van der Waals surface area contributed by atoms with Gasteiger partial charge in [0.25, 0.3) is 0 Å². The van der Waals surface area contributed by atoms with Crippen LogP contribution in [0.5, 0.6) is 0 Å². The second kappa shape index (κ2) is 6.11. The van der Waals surface area contributed by atoms with E-state index in [2.05, 4.69) is 0 Å². The minimum absolute atomic E-state index is 0.0378. The van der Waals surface area contributed by atoms with Crippen LogP contribution in [0, 0.1) is 5.92 Å². The fourth-order valence-corrected chi connectivity index (χ4v) is 2.34. The van der Waals surface area contributed by atoms with Gasteiger partial charge in [-0.15, -0.1) is 0 Å². The predicted molar refractivity (Wildman–Crippen MR) is 71.2 cm³/mol. The molecule has 2 rings (SSSR count). The van der Waals surface area contributed by atoms with Gasteiger partial charge in [-0.1, -0.05) is 0 Å². The highest BCUT2D eigenvalue weighted by Crippen LogP contribution is 2.30. The number of hydrogen-bond acceptors (Lipinski definition) is 3. The van der Waals surface area contributed by atoms with E-state index in [0.717, 1.165) is 19.3 Å². The van der Waals surface area contributed by atoms with Crippen LogP contribution in [-0.2, 0) is 9.59 Å². The topological polar surface area (TPSA) is 81.2 Å². The van der Waals surface area contributed by atoms with Crippen molar-refractivity contribution in [3.8, 4) is 0 Å². The van der Waals surface area contributed by atoms with Gasteiger partial charge in [-0.2, -0.15) is 0 Å². The maximum Gasteiger partial charge on any atom is 0.323 e. The number of hydrogen-bond donors (Lipinski definition) is 1. The first-order chi connectivity index (χ1) is 9.47. The number of rotatable bonds is 4. The molecule has 112 valence electrons. The van der Waals surface area contributed by atoms with Crippen LogP contribution in [0.25, 0.3) is 0 Å². The molecule has 0 atom stereocenters. The fraction of sp³-hybridized carbons (Fsp3) is 0.769. The lowest BCUT2D eigenvalue weighted by molar-refractivity contribution is -0.137. The third-order valence-electron chi connectivity index (χ3n) is 3.72. The van der Waals surface area contributed by atoms with Gasteiger partial charge in [0.1, 0.15) is 13.1 Å². The molecule has 0 unspecified atom stereocenters. The highest BCUT2D eigenvalue weighted by atomic mass is 16.4. The lowest BCUT2D eigenvalue weighted by Crippen LogP contribution is -2.48. The second-order valence-electron chi connectivity index (χ2n) is 5.59. The number of carbonyl (C=O) groups is 3. The molecule has 7 nitrogen and oxygen atoms in total. The standard InChI is InChI=1S/C13H21N3O4/c1-14-5-2-6-15(8-11(14)17)13(20)16(9-12(18)19)7-10-3-4-10/h10H,2-9H2,1H3,(H,18,19). The number of amides is 3. The van der Waals surface area contributed by atoms with E-state index in [9.17, 15) is 14.4 Å². The summed E-state index contributed by atoms with van der Waals surface area (Å²) in [7, 11) is 1.72. The predicted octanol–water partition coefficient (Wildman–Crippen LogP) is 0.0671. The molecule has 1 saturated heterocycles. The molecule has 0 spiro atoms. The number of carboxylic acids is 1. The fourth-order valence-electron chi connectivity index (χ4n) is 2.34. The monoisotopic (exact) mass is 283 g/mol. The molecule has 1 N–H and O–H groups in total. The maximum atomic E-state index is 12.4. The first-order valence-corrected chi connectivity index (χ1v) is 6.97. The summed E-state index contributed by atoms with van der Waals surface area (Å²) >= 11 is 0. The van der Waals surface area contributed by atoms with Crippen molar-refractivity contribution < 1.29 is 19.5 Å². The Labute approximate surface area is 118 Å². The number of urea groups is 1. The molecule has 0 aromatic heterocycles. The van der Waals surface area contributed by atoms with Crippen molar-refractivity contribution in [1.29, 1.82) is 0 Å². The molecule has 1 aliphatic carbocycles. The Balaban J connectivity index is 2.00. The zero-order valence-corrected chi connectivity index (χ0v) is 11.7. The molecule has 0 radical (unpaired) electrons. The van der Waals surface area contributed by atoms with Crippen molar-refractivity contribution in [2.45, 2.75) is 19.3 Å². The quantitative estimate of drug-likeness (QED) is 0.791. The van der Waals surface area contributed by atoms with Crippen LogP contribution in [0.4, 0.5) is 4.79 Å². The van der Waals surface area contributed by atoms with Crippen LogP contribution >= 0.6 is 0 Å². The van der Waals surface area contributed by atoms with Gasteiger partial charge in [0.2, 0.25) is 5.91 Å². The molecule has 2 fully saturated rings. The summed E-state index contributed by atoms with van der Waals surface area (Å²) in [4.78, 5) is 39.6. The lowest BCUT2D eigenvalue weighted by Gasteiger charge is -2.28. The highest BCUT2D eigenvalue weighted by Gasteiger charge is 2.32. The largest absolute Gasteiger partial charge is 0.480 e. The van der Waals surface area contributed by atoms with Crippen LogP contribution < -0.4 is 0 Å². The third kappa shape index (κ3) is 3.85. The SMILES string of the molecule is CN1CCCN(C(=O)N(CC(=O)O)CC2CC2)CC1=O. The molecule has 0 aromatic rings. The molecule has 0 aromatic carbocycles. The summed E-state index contributed by atoms with van der Waals surface area (Å²) in [6.07, 6.45) is 2.81. The molecular weight excluding hydrogens is 262 g/mol. The van der Waals surface area contributed by atoms with Crippen molar-refractivity contribution in [2.75, 3.05) is 39.8 Å². The van der Waals surface area contributed by atoms with Crippen molar-refractivity contribution in [2.24, 2.45) is 5.92 Å². The van der Waals surface area contributed by atoms with E-state index < -0.39 is 5.97 Å². The number of nitrogens with zero attached hydrogens (tertiary/aromatic N) is 3. The van der Waals surface area contributed by atoms with Gasteiger partial charge < -0.3 is 19.8 Å². The summed E-state index contributed by atoms with van der Waals surface area (Å²) < 4.78 is 0. The van der Waals surface area contributed by atoms with E-state index in [1.165, 1.54) is 9.80 Å². The summed E-state index contributed by atoms with van der Waals surface area (Å²) in [6.45, 7) is 1.34. The van der Waals surface area contributed by atoms with Gasteiger partial charge in [-0.05, 0) is 25.2 Å². The van der Waals surface area contributed by atoms with Gasteiger partial charge in [0.05, 0.1) is 0 Å². The average Bonchev–Trinajstić information content (AvgIpc) is 3.19. The first-order valence-electron chi connectivity index (χ1n) is 6.97. The Hall–Kier alpha value is -1.79. The second-order valence-corrected chi connectivity index (χ2v) is 5.59. The molecule has 7 heteroatoms. The van der Waals surface area contributed by atoms with E-state index in [1.807, 2.05) is 0 Å². The molecule has 3 amide bonds. The molecule has 2 aliphatic rings. The van der Waals surface area contributed by atoms with Gasteiger partial charge in [0.15, 0.2) is 0 Å². The minimum Gasteiger partial charge on any atom is -0.480 e. The first kappa shape index (κ1) is 14.6. The minimum atomic E-state index is -1.02. The summed E-state index contributed by atoms with van der Waals surface area (Å²) in [5.41, 5.74) is 0. The van der Waals surface area contributed by atoms with Gasteiger partial charge in [-0.25, -0.2) is 4.79 Å². The van der Waals surface area contributed by atoms with Gasteiger partial charge >= 0.3 is 12.0 Å². The van der Waals surface area contributed by atoms with Gasteiger partial charge in [0, 0.05) is 26.7 Å². The Morgan fingerprint density at radius 3 is 2.65 bits per heavy atom. The van der Waals surface area contributed by atoms with Crippen molar-refractivity contribution in [3.05, 3.63) is 0 Å². The van der Waals surface area contributed by atoms with Crippen LogP contribution in [0.1, 0.15) is 19.3 Å². The lowest BCUT2D eigenvalue weighted by atomic mass is 10.3. The summed E-state index contributed by atoms with van der Waals surface area (Å²) in [6, 6.07) is -0.331. The molecular formula is C13H21N3O4. The number of carboxylic acid groups (broad SMARTS) is 1. The van der Waals surface area contributed by atoms with Crippen molar-refractivity contribution in [3.63, 3.8) is 0 Å². The Kier molecular flexibility index (Phi) is 4.46. The van der Waals surface area contributed by atoms with Gasteiger partial charge in [-0.3, -0.25) is 9.59 Å². The number of carbonyl (C=O) groups excluding carboxylic acids is 2. The highest BCUT2D eigenvalue weighted by molar-refractivity contribution is 5.86. The molecule has 0 bridgehead atoms. The van der Waals surface area contributed by atoms with E-state index in [0.29, 0.717) is 25.6 Å². The summed E-state index contributed by atoms with van der Waals surface area (Å²) in [5.74, 6) is -0.696. The van der Waals surface area contributed by atoms with E-state index in [1.54, 1.807) is 11.9 Å². The molecule has 1 saturated carbocycles. The number of aliphatic carboxylic acids is 1. The van der Waals surface area contributed by atoms with E-state index in [-0.39, 0.29) is 25.0 Å². The molecule has 20 heavy (non-hydrogen) atoms. The van der Waals surface area contributed by atoms with Crippen molar-refractivity contribution in [1.82, 2.24) is 14.7 Å². The zero-order chi connectivity index (χ0) is 14.7. The summed E-state index contributed by atoms with van der Waals surface area (Å²) in [5, 5.41) is 8.93. The van der Waals surface area contributed by atoms with Crippen molar-refractivity contribution >= 4 is 17.9 Å². The maximum absolute atomic E-state index is 12.4. The van der Waals surface area contributed by atoms with E-state index >= 15 is 0 Å². The molecule has 1 aliphatic heterocycles. The number of likely N-dealkylation sites (N-methyl/N-ethyl adjacent to an activating group) is 1. The Morgan fingerprint density at radius 1 is 1.35 bits per heavy atom. The van der Waals surface area contributed by atoms with Crippen LogP contribution in [0.2, 0.25) is 0 Å². The average molecular weight is 283 g/mol. The van der Waals surface area contributed by atoms with Crippen LogP contribution in [0.3, 0.4) is 0 Å². The zero-order valence-electron chi connectivity index (χ0n) is 11.7. The van der Waals surface area contributed by atoms with Crippen LogP contribution in [0.15, 0.2) is 0 Å². The van der Waals surface area contributed by atoms with E-state index in [4.69, 9.17) is 5.11 Å². The normalized spacial score (nSPS) is 19.8. The Bertz CT molecular complexity index is 408. The van der Waals surface area contributed by atoms with Crippen LogP contribution in [-0.4, -0.2) is 77.5 Å². The third-order valence-corrected chi connectivity index (χ3v) is 3.72.